The first-order valence-corrected chi connectivity index (χ1v) is 9.48. The van der Waals surface area contributed by atoms with Crippen LogP contribution >= 0.6 is 0 Å². The maximum absolute atomic E-state index is 12.6. The van der Waals surface area contributed by atoms with E-state index in [1.54, 1.807) is 31.4 Å². The van der Waals surface area contributed by atoms with Crippen molar-refractivity contribution in [2.24, 2.45) is 0 Å². The van der Waals surface area contributed by atoms with E-state index >= 15 is 0 Å². The number of carbonyl (C=O) groups is 1. The van der Waals surface area contributed by atoms with Crippen LogP contribution in [-0.4, -0.2) is 38.6 Å². The van der Waals surface area contributed by atoms with E-state index in [1.165, 1.54) is 0 Å². The molecule has 0 saturated carbocycles. The molecule has 0 aliphatic rings. The van der Waals surface area contributed by atoms with E-state index in [0.717, 1.165) is 17.1 Å². The lowest BCUT2D eigenvalue weighted by Crippen LogP contribution is -2.34. The third-order valence-electron chi connectivity index (χ3n) is 4.65. The molecular formula is C24H26N2O3. The summed E-state index contributed by atoms with van der Waals surface area (Å²) in [5, 5.41) is 3.02. The van der Waals surface area contributed by atoms with Gasteiger partial charge >= 0.3 is 0 Å². The van der Waals surface area contributed by atoms with Crippen LogP contribution in [-0.2, 0) is 0 Å². The van der Waals surface area contributed by atoms with Crippen LogP contribution in [0.25, 0.3) is 0 Å². The molecule has 29 heavy (non-hydrogen) atoms. The van der Waals surface area contributed by atoms with Gasteiger partial charge in [0.05, 0.1) is 13.2 Å². The van der Waals surface area contributed by atoms with E-state index in [2.05, 4.69) is 10.2 Å². The predicted octanol–water partition coefficient (Wildman–Crippen LogP) is 4.52. The number of methoxy groups -OCH3 is 1. The Bertz CT molecular complexity index is 924. The normalized spacial score (nSPS) is 11.7. The second-order valence-corrected chi connectivity index (χ2v) is 6.91. The SMILES string of the molecule is COc1cccc([C@@H](CNC(=O)c2ccc(Oc3ccccc3)cc2)N(C)C)c1. The molecule has 0 radical (unpaired) electrons. The van der Waals surface area contributed by atoms with Gasteiger partial charge in [0.1, 0.15) is 17.2 Å². The number of benzene rings is 3. The van der Waals surface area contributed by atoms with E-state index < -0.39 is 0 Å². The van der Waals surface area contributed by atoms with E-state index in [0.29, 0.717) is 17.9 Å². The van der Waals surface area contributed by atoms with Crippen molar-refractivity contribution in [3.8, 4) is 17.2 Å². The zero-order valence-corrected chi connectivity index (χ0v) is 17.0. The molecule has 150 valence electrons. The Morgan fingerprint density at radius 2 is 1.55 bits per heavy atom. The Balaban J connectivity index is 1.62. The fourth-order valence-electron chi connectivity index (χ4n) is 3.04. The maximum atomic E-state index is 12.6. The van der Waals surface area contributed by atoms with Crippen LogP contribution in [0, 0.1) is 0 Å². The summed E-state index contributed by atoms with van der Waals surface area (Å²) in [5.74, 6) is 2.13. The fourth-order valence-corrected chi connectivity index (χ4v) is 3.04. The molecule has 0 unspecified atom stereocenters. The quantitative estimate of drug-likeness (QED) is 0.614. The van der Waals surface area contributed by atoms with Gasteiger partial charge in [0.2, 0.25) is 0 Å². The highest BCUT2D eigenvalue weighted by Crippen LogP contribution is 2.23. The molecule has 3 aromatic carbocycles. The van der Waals surface area contributed by atoms with E-state index in [9.17, 15) is 4.79 Å². The smallest absolute Gasteiger partial charge is 0.251 e. The first-order chi connectivity index (χ1) is 14.1. The van der Waals surface area contributed by atoms with Gasteiger partial charge in [-0.25, -0.2) is 0 Å². The van der Waals surface area contributed by atoms with Crippen molar-refractivity contribution >= 4 is 5.91 Å². The second-order valence-electron chi connectivity index (χ2n) is 6.91. The van der Waals surface area contributed by atoms with Crippen LogP contribution in [0.4, 0.5) is 0 Å². The highest BCUT2D eigenvalue weighted by molar-refractivity contribution is 5.94. The molecule has 0 saturated heterocycles. The molecule has 5 nitrogen and oxygen atoms in total. The van der Waals surface area contributed by atoms with Gasteiger partial charge in [-0.15, -0.1) is 0 Å². The predicted molar refractivity (Wildman–Crippen MR) is 115 cm³/mol. The lowest BCUT2D eigenvalue weighted by molar-refractivity contribution is 0.0942. The van der Waals surface area contributed by atoms with Crippen LogP contribution in [0.3, 0.4) is 0 Å². The van der Waals surface area contributed by atoms with Gasteiger partial charge in [-0.05, 0) is 68.2 Å². The molecule has 5 heteroatoms. The highest BCUT2D eigenvalue weighted by atomic mass is 16.5. The minimum atomic E-state index is -0.119. The molecule has 0 bridgehead atoms. The molecule has 0 fully saturated rings. The Labute approximate surface area is 171 Å². The lowest BCUT2D eigenvalue weighted by Gasteiger charge is -2.25. The van der Waals surface area contributed by atoms with Crippen molar-refractivity contribution < 1.29 is 14.3 Å². The van der Waals surface area contributed by atoms with Gasteiger partial charge in [0.15, 0.2) is 0 Å². The maximum Gasteiger partial charge on any atom is 0.251 e. The van der Waals surface area contributed by atoms with Crippen LogP contribution in [0.5, 0.6) is 17.2 Å². The van der Waals surface area contributed by atoms with Crippen LogP contribution in [0.2, 0.25) is 0 Å². The van der Waals surface area contributed by atoms with Crippen LogP contribution in [0.15, 0.2) is 78.9 Å². The number of amides is 1. The summed E-state index contributed by atoms with van der Waals surface area (Å²) < 4.78 is 11.1. The second kappa shape index (κ2) is 9.75. The molecule has 1 amide bonds. The van der Waals surface area contributed by atoms with Crippen molar-refractivity contribution in [1.82, 2.24) is 10.2 Å². The minimum absolute atomic E-state index is 0.0368. The number of nitrogens with zero attached hydrogens (tertiary/aromatic N) is 1. The Morgan fingerprint density at radius 3 is 2.21 bits per heavy atom. The molecule has 0 heterocycles. The largest absolute Gasteiger partial charge is 0.497 e. The number of rotatable bonds is 8. The zero-order chi connectivity index (χ0) is 20.6. The van der Waals surface area contributed by atoms with E-state index in [-0.39, 0.29) is 11.9 Å². The molecule has 0 spiro atoms. The molecule has 3 rings (SSSR count). The first kappa shape index (κ1) is 20.4. The summed E-state index contributed by atoms with van der Waals surface area (Å²) in [7, 11) is 5.63. The van der Waals surface area contributed by atoms with E-state index in [1.807, 2.05) is 68.7 Å². The van der Waals surface area contributed by atoms with Crippen LogP contribution < -0.4 is 14.8 Å². The van der Waals surface area contributed by atoms with Gasteiger partial charge in [-0.2, -0.15) is 0 Å². The van der Waals surface area contributed by atoms with Gasteiger partial charge in [0, 0.05) is 12.1 Å². The van der Waals surface area contributed by atoms with Crippen molar-refractivity contribution in [2.75, 3.05) is 27.7 Å². The number of para-hydroxylation sites is 1. The number of nitrogens with one attached hydrogen (secondary N) is 1. The summed E-state index contributed by atoms with van der Waals surface area (Å²) in [4.78, 5) is 14.7. The summed E-state index contributed by atoms with van der Waals surface area (Å²) in [6.45, 7) is 0.487. The third-order valence-corrected chi connectivity index (χ3v) is 4.65. The van der Waals surface area contributed by atoms with Gasteiger partial charge in [-0.3, -0.25) is 4.79 Å². The van der Waals surface area contributed by atoms with Gasteiger partial charge < -0.3 is 19.7 Å². The number of carbonyl (C=O) groups excluding carboxylic acids is 1. The van der Waals surface area contributed by atoms with Crippen molar-refractivity contribution in [3.05, 3.63) is 90.0 Å². The topological polar surface area (TPSA) is 50.8 Å². The molecule has 1 atom stereocenters. The third kappa shape index (κ3) is 5.59. The van der Waals surface area contributed by atoms with Crippen molar-refractivity contribution in [3.63, 3.8) is 0 Å². The van der Waals surface area contributed by atoms with Crippen molar-refractivity contribution in [2.45, 2.75) is 6.04 Å². The summed E-state index contributed by atoms with van der Waals surface area (Å²) >= 11 is 0. The minimum Gasteiger partial charge on any atom is -0.497 e. The Hall–Kier alpha value is -3.31. The average Bonchev–Trinajstić information content (AvgIpc) is 2.75. The highest BCUT2D eigenvalue weighted by Gasteiger charge is 2.16. The number of hydrogen-bond acceptors (Lipinski definition) is 4. The zero-order valence-electron chi connectivity index (χ0n) is 17.0. The fraction of sp³-hybridized carbons (Fsp3) is 0.208. The van der Waals surface area contributed by atoms with E-state index in [4.69, 9.17) is 9.47 Å². The monoisotopic (exact) mass is 390 g/mol. The summed E-state index contributed by atoms with van der Waals surface area (Å²) in [6, 6.07) is 24.6. The first-order valence-electron chi connectivity index (χ1n) is 9.48. The number of likely N-dealkylation sites (N-methyl/N-ethyl adjacent to an activating group) is 1. The number of hydrogen-bond donors (Lipinski definition) is 1. The lowest BCUT2D eigenvalue weighted by atomic mass is 10.1. The Morgan fingerprint density at radius 1 is 0.897 bits per heavy atom. The molecule has 0 aliphatic carbocycles. The van der Waals surface area contributed by atoms with Gasteiger partial charge in [-0.1, -0.05) is 30.3 Å². The van der Waals surface area contributed by atoms with Crippen LogP contribution in [0.1, 0.15) is 22.0 Å². The standard InChI is InChI=1S/C24H26N2O3/c1-26(2)23(19-8-7-11-22(16-19)28-3)17-25-24(27)18-12-14-21(15-13-18)29-20-9-5-4-6-10-20/h4-16,23H,17H2,1-3H3,(H,25,27)/t23-/m1/s1. The Kier molecular flexibility index (Phi) is 6.87. The molecular weight excluding hydrogens is 364 g/mol. The molecule has 1 N–H and O–H groups in total. The summed E-state index contributed by atoms with van der Waals surface area (Å²) in [6.07, 6.45) is 0. The van der Waals surface area contributed by atoms with Gasteiger partial charge in [0.25, 0.3) is 5.91 Å². The average molecular weight is 390 g/mol. The molecule has 3 aromatic rings. The molecule has 0 aliphatic heterocycles. The van der Waals surface area contributed by atoms with Crippen molar-refractivity contribution in [1.29, 1.82) is 0 Å². The summed E-state index contributed by atoms with van der Waals surface area (Å²) in [5.41, 5.74) is 1.68. The number of ether oxygens (including phenoxy) is 2. The molecule has 0 aromatic heterocycles.